The summed E-state index contributed by atoms with van der Waals surface area (Å²) in [4.78, 5) is 4.51. The van der Waals surface area contributed by atoms with E-state index in [2.05, 4.69) is 47.5 Å². The first-order chi connectivity index (χ1) is 10.2. The van der Waals surface area contributed by atoms with Gasteiger partial charge in [0.2, 0.25) is 0 Å². The van der Waals surface area contributed by atoms with Crippen LogP contribution >= 0.6 is 11.8 Å². The van der Waals surface area contributed by atoms with E-state index in [1.807, 2.05) is 11.8 Å². The van der Waals surface area contributed by atoms with Crippen molar-refractivity contribution in [2.45, 2.75) is 32.4 Å². The molecule has 1 aromatic carbocycles. The van der Waals surface area contributed by atoms with E-state index in [0.29, 0.717) is 11.8 Å². The largest absolute Gasteiger partial charge is 0.385 e. The Morgan fingerprint density at radius 3 is 3.14 bits per heavy atom. The summed E-state index contributed by atoms with van der Waals surface area (Å²) >= 11 is 1.85. The van der Waals surface area contributed by atoms with Gasteiger partial charge in [-0.25, -0.2) is 0 Å². The van der Waals surface area contributed by atoms with Gasteiger partial charge in [-0.05, 0) is 48.3 Å². The second-order valence-corrected chi connectivity index (χ2v) is 6.86. The summed E-state index contributed by atoms with van der Waals surface area (Å²) < 4.78 is 5.40. The number of aryl methyl sites for hydroxylation is 1. The lowest BCUT2D eigenvalue weighted by molar-refractivity contribution is 0.425. The predicted molar refractivity (Wildman–Crippen MR) is 87.5 cm³/mol. The molecule has 0 bridgehead atoms. The second kappa shape index (κ2) is 6.52. The molecule has 0 saturated heterocycles. The van der Waals surface area contributed by atoms with Crippen LogP contribution in [0.25, 0.3) is 11.5 Å². The molecule has 1 aromatic heterocycles. The number of aromatic nitrogens is 2. The van der Waals surface area contributed by atoms with E-state index in [4.69, 9.17) is 4.52 Å². The summed E-state index contributed by atoms with van der Waals surface area (Å²) in [6.45, 7) is 5.50. The Bertz CT molecular complexity index is 609. The van der Waals surface area contributed by atoms with E-state index < -0.39 is 0 Å². The van der Waals surface area contributed by atoms with Gasteiger partial charge in [0.1, 0.15) is 0 Å². The fourth-order valence-electron chi connectivity index (χ4n) is 2.42. The van der Waals surface area contributed by atoms with Crippen molar-refractivity contribution in [3.63, 3.8) is 0 Å². The molecule has 0 aliphatic carbocycles. The molecule has 0 fully saturated rings. The smallest absolute Gasteiger partial charge is 0.257 e. The standard InChI is InChI=1S/C16H21N3OS/c1-11(2)9-21-10-15-18-16(20-19-15)13-5-6-14-12(8-13)4-3-7-17-14/h5-6,8,11,17H,3-4,7,9-10H2,1-2H3. The van der Waals surface area contributed by atoms with Crippen molar-refractivity contribution in [2.24, 2.45) is 5.92 Å². The molecule has 2 heterocycles. The van der Waals surface area contributed by atoms with Crippen molar-refractivity contribution in [3.05, 3.63) is 29.6 Å². The summed E-state index contributed by atoms with van der Waals surface area (Å²) in [5.74, 6) is 4.03. The van der Waals surface area contributed by atoms with E-state index >= 15 is 0 Å². The zero-order chi connectivity index (χ0) is 14.7. The first-order valence-corrected chi connectivity index (χ1v) is 8.65. The Labute approximate surface area is 129 Å². The van der Waals surface area contributed by atoms with Gasteiger partial charge in [-0.15, -0.1) is 0 Å². The molecule has 1 aliphatic heterocycles. The van der Waals surface area contributed by atoms with Gasteiger partial charge < -0.3 is 9.84 Å². The number of benzene rings is 1. The summed E-state index contributed by atoms with van der Waals surface area (Å²) in [7, 11) is 0. The van der Waals surface area contributed by atoms with Crippen LogP contribution in [0.5, 0.6) is 0 Å². The molecule has 0 amide bonds. The topological polar surface area (TPSA) is 51.0 Å². The number of rotatable bonds is 5. The molecule has 112 valence electrons. The lowest BCUT2D eigenvalue weighted by Crippen LogP contribution is -2.11. The highest BCUT2D eigenvalue weighted by Gasteiger charge is 2.13. The van der Waals surface area contributed by atoms with Crippen LogP contribution in [0, 0.1) is 5.92 Å². The van der Waals surface area contributed by atoms with Gasteiger partial charge in [-0.3, -0.25) is 0 Å². The minimum atomic E-state index is 0.628. The van der Waals surface area contributed by atoms with Crippen molar-refractivity contribution >= 4 is 17.4 Å². The number of thioether (sulfide) groups is 1. The molecular formula is C16H21N3OS. The van der Waals surface area contributed by atoms with E-state index in [1.165, 1.54) is 17.7 Å². The zero-order valence-corrected chi connectivity index (χ0v) is 13.4. The number of hydrogen-bond donors (Lipinski definition) is 1. The quantitative estimate of drug-likeness (QED) is 0.905. The summed E-state index contributed by atoms with van der Waals surface area (Å²) in [6, 6.07) is 6.33. The zero-order valence-electron chi connectivity index (χ0n) is 12.6. The Hall–Kier alpha value is -1.49. The van der Waals surface area contributed by atoms with Crippen LogP contribution in [-0.4, -0.2) is 22.4 Å². The van der Waals surface area contributed by atoms with Gasteiger partial charge in [-0.2, -0.15) is 16.7 Å². The molecule has 4 nitrogen and oxygen atoms in total. The van der Waals surface area contributed by atoms with Gasteiger partial charge in [0.25, 0.3) is 5.89 Å². The number of anilines is 1. The minimum Gasteiger partial charge on any atom is -0.385 e. The normalized spacial score (nSPS) is 14.0. The van der Waals surface area contributed by atoms with Gasteiger partial charge in [0, 0.05) is 17.8 Å². The molecule has 0 atom stereocenters. The molecule has 5 heteroatoms. The molecule has 1 aliphatic rings. The lowest BCUT2D eigenvalue weighted by atomic mass is 10.0. The Kier molecular flexibility index (Phi) is 4.48. The molecule has 0 unspecified atom stereocenters. The monoisotopic (exact) mass is 303 g/mol. The van der Waals surface area contributed by atoms with Gasteiger partial charge >= 0.3 is 0 Å². The molecule has 21 heavy (non-hydrogen) atoms. The SMILES string of the molecule is CC(C)CSCc1noc(-c2ccc3c(c2)CCCN3)n1. The maximum absolute atomic E-state index is 5.40. The summed E-state index contributed by atoms with van der Waals surface area (Å²) in [6.07, 6.45) is 2.29. The van der Waals surface area contributed by atoms with Crippen LogP contribution in [0.1, 0.15) is 31.7 Å². The molecule has 0 spiro atoms. The van der Waals surface area contributed by atoms with Crippen LogP contribution in [0.2, 0.25) is 0 Å². The van der Waals surface area contributed by atoms with Crippen LogP contribution < -0.4 is 5.32 Å². The Morgan fingerprint density at radius 1 is 1.38 bits per heavy atom. The molecule has 3 rings (SSSR count). The number of nitrogens with zero attached hydrogens (tertiary/aromatic N) is 2. The highest BCUT2D eigenvalue weighted by molar-refractivity contribution is 7.98. The van der Waals surface area contributed by atoms with Crippen LogP contribution in [-0.2, 0) is 12.2 Å². The minimum absolute atomic E-state index is 0.628. The molecule has 2 aromatic rings. The molecule has 0 saturated carbocycles. The molecule has 0 radical (unpaired) electrons. The van der Waals surface area contributed by atoms with Gasteiger partial charge in [0.05, 0.1) is 5.75 Å². The first-order valence-electron chi connectivity index (χ1n) is 7.50. The maximum Gasteiger partial charge on any atom is 0.257 e. The molecule has 1 N–H and O–H groups in total. The Morgan fingerprint density at radius 2 is 2.29 bits per heavy atom. The van der Waals surface area contributed by atoms with Crippen LogP contribution in [0.3, 0.4) is 0 Å². The fourth-order valence-corrected chi connectivity index (χ4v) is 3.31. The second-order valence-electron chi connectivity index (χ2n) is 5.83. The van der Waals surface area contributed by atoms with E-state index in [1.54, 1.807) is 0 Å². The van der Waals surface area contributed by atoms with E-state index in [9.17, 15) is 0 Å². The van der Waals surface area contributed by atoms with Crippen LogP contribution in [0.15, 0.2) is 22.7 Å². The van der Waals surface area contributed by atoms with Crippen molar-refractivity contribution in [3.8, 4) is 11.5 Å². The maximum atomic E-state index is 5.40. The predicted octanol–water partition coefficient (Wildman–Crippen LogP) is 3.98. The highest BCUT2D eigenvalue weighted by Crippen LogP contribution is 2.27. The third-order valence-corrected chi connectivity index (χ3v) is 4.81. The number of fused-ring (bicyclic) bond motifs is 1. The summed E-state index contributed by atoms with van der Waals surface area (Å²) in [5.41, 5.74) is 3.59. The van der Waals surface area contributed by atoms with E-state index in [0.717, 1.165) is 35.9 Å². The number of nitrogens with one attached hydrogen (secondary N) is 1. The van der Waals surface area contributed by atoms with Crippen molar-refractivity contribution in [1.29, 1.82) is 0 Å². The third kappa shape index (κ3) is 3.59. The summed E-state index contributed by atoms with van der Waals surface area (Å²) in [5, 5.41) is 7.49. The van der Waals surface area contributed by atoms with Gasteiger partial charge in [-0.1, -0.05) is 19.0 Å². The Balaban J connectivity index is 1.71. The lowest BCUT2D eigenvalue weighted by Gasteiger charge is -2.17. The first kappa shape index (κ1) is 14.4. The third-order valence-electron chi connectivity index (χ3n) is 3.44. The van der Waals surface area contributed by atoms with E-state index in [-0.39, 0.29) is 0 Å². The van der Waals surface area contributed by atoms with Gasteiger partial charge in [0.15, 0.2) is 5.82 Å². The van der Waals surface area contributed by atoms with Crippen LogP contribution in [0.4, 0.5) is 5.69 Å². The highest BCUT2D eigenvalue weighted by atomic mass is 32.2. The van der Waals surface area contributed by atoms with Crippen molar-refractivity contribution in [1.82, 2.24) is 10.1 Å². The fraction of sp³-hybridized carbons (Fsp3) is 0.500. The average Bonchev–Trinajstić information content (AvgIpc) is 2.95. The number of hydrogen-bond acceptors (Lipinski definition) is 5. The van der Waals surface area contributed by atoms with Crippen molar-refractivity contribution < 1.29 is 4.52 Å². The van der Waals surface area contributed by atoms with Crippen molar-refractivity contribution in [2.75, 3.05) is 17.6 Å². The average molecular weight is 303 g/mol. The molecular weight excluding hydrogens is 282 g/mol.